The summed E-state index contributed by atoms with van der Waals surface area (Å²) in [6.07, 6.45) is 0. The van der Waals surface area contributed by atoms with Crippen molar-refractivity contribution < 1.29 is 0 Å². The van der Waals surface area contributed by atoms with Gasteiger partial charge < -0.3 is 0 Å². The number of rotatable bonds is 0. The van der Waals surface area contributed by atoms with Crippen molar-refractivity contribution in [3.05, 3.63) is 60.7 Å². The van der Waals surface area contributed by atoms with Crippen molar-refractivity contribution in [2.75, 3.05) is 0 Å². The van der Waals surface area contributed by atoms with Crippen LogP contribution in [0.3, 0.4) is 0 Å². The van der Waals surface area contributed by atoms with Gasteiger partial charge in [0, 0.05) is 0 Å². The van der Waals surface area contributed by atoms with Crippen LogP contribution in [0.4, 0.5) is 0 Å². The molecule has 0 radical (unpaired) electrons. The highest BCUT2D eigenvalue weighted by atomic mass is 13.2. The minimum Gasteiger partial charge on any atom is -0.0694 e. The molecule has 0 bridgehead atoms. The highest BCUT2D eigenvalue weighted by molar-refractivity contribution is 4.74. The molecule has 0 heterocycles. The Morgan fingerprint density at radius 3 is 0.700 bits per heavy atom. The summed E-state index contributed by atoms with van der Waals surface area (Å²) in [5.74, 6) is 0. The number of hydrogen-bond acceptors (Lipinski definition) is 0. The van der Waals surface area contributed by atoms with Crippen LogP contribution in [-0.2, 0) is 0 Å². The minimum absolute atomic E-state index is 2.34. The number of hydrogen-bond donors (Lipinski definition) is 0. The second kappa shape index (κ2) is 15.7. The van der Waals surface area contributed by atoms with Crippen LogP contribution in [0.2, 0.25) is 0 Å². The first kappa shape index (κ1) is 11.0. The van der Waals surface area contributed by atoms with Gasteiger partial charge in [0.25, 0.3) is 0 Å². The van der Waals surface area contributed by atoms with Crippen LogP contribution < -0.4 is 0 Å². The van der Waals surface area contributed by atoms with E-state index in [2.05, 4.69) is 60.7 Å². The maximum Gasteiger partial charge on any atom is -0.0203 e. The van der Waals surface area contributed by atoms with Gasteiger partial charge in [-0.2, -0.15) is 0 Å². The fourth-order valence-corrected chi connectivity index (χ4v) is 0.125. The molecule has 0 aliphatic heterocycles. The minimum atomic E-state index is 2.34. The summed E-state index contributed by atoms with van der Waals surface area (Å²) < 4.78 is 0. The Morgan fingerprint density at radius 2 is 0.700 bits per heavy atom. The fourth-order valence-electron chi connectivity index (χ4n) is 0.125. The normalized spacial score (nSPS) is 3.20. The van der Waals surface area contributed by atoms with Gasteiger partial charge in [-0.25, -0.2) is 0 Å². The Labute approximate surface area is 61.5 Å². The lowest BCUT2D eigenvalue weighted by molar-refractivity contribution is 2.29. The van der Waals surface area contributed by atoms with Crippen molar-refractivity contribution >= 4 is 0 Å². The predicted octanol–water partition coefficient (Wildman–Crippen LogP) is 2.54. The van der Waals surface area contributed by atoms with Gasteiger partial charge in [-0.3, -0.25) is 0 Å². The monoisotopic (exact) mass is 128 g/mol. The molecule has 0 aliphatic rings. The third-order valence-corrected chi connectivity index (χ3v) is 0.354. The average molecular weight is 128 g/mol. The topological polar surface area (TPSA) is 0 Å². The molecule has 0 heteroatoms. The van der Waals surface area contributed by atoms with Crippen LogP contribution in [0.25, 0.3) is 0 Å². The highest BCUT2D eigenvalue weighted by Crippen LogP contribution is 1.39. The van der Waals surface area contributed by atoms with Crippen LogP contribution in [-0.4, -0.2) is 0 Å². The van der Waals surface area contributed by atoms with Gasteiger partial charge in [-0.1, -0.05) is 22.9 Å². The average Bonchev–Trinajstić information content (AvgIpc) is 1.93. The van der Waals surface area contributed by atoms with Crippen molar-refractivity contribution in [1.29, 1.82) is 0 Å². The summed E-state index contributed by atoms with van der Waals surface area (Å²) in [6.45, 7) is 12.8. The summed E-state index contributed by atoms with van der Waals surface area (Å²) in [5, 5.41) is 0. The highest BCUT2D eigenvalue weighted by Gasteiger charge is 1.18. The quantitative estimate of drug-likeness (QED) is 0.440. The summed E-state index contributed by atoms with van der Waals surface area (Å²) in [5.41, 5.74) is 14.2. The molecule has 0 fully saturated rings. The van der Waals surface area contributed by atoms with Crippen molar-refractivity contribution in [3.8, 4) is 0 Å². The lowest BCUT2D eigenvalue weighted by Gasteiger charge is -1.27. The van der Waals surface area contributed by atoms with E-state index in [0.717, 1.165) is 0 Å². The second-order valence-electron chi connectivity index (χ2n) is 0.957. The van der Waals surface area contributed by atoms with Crippen LogP contribution >= 0.6 is 0 Å². The summed E-state index contributed by atoms with van der Waals surface area (Å²) >= 11 is 0. The molecule has 0 aromatic carbocycles. The van der Waals surface area contributed by atoms with Crippen LogP contribution in [0.1, 0.15) is 0 Å². The van der Waals surface area contributed by atoms with Crippen molar-refractivity contribution in [2.45, 2.75) is 0 Å². The van der Waals surface area contributed by atoms with E-state index in [4.69, 9.17) is 0 Å². The molecule has 0 saturated heterocycles. The van der Waals surface area contributed by atoms with Gasteiger partial charge in [0.2, 0.25) is 0 Å². The molecular formula is C10H8. The first-order valence-corrected chi connectivity index (χ1v) is 2.41. The van der Waals surface area contributed by atoms with Crippen molar-refractivity contribution in [3.63, 3.8) is 0 Å². The predicted molar refractivity (Wildman–Crippen MR) is 43.6 cm³/mol. The second-order valence-corrected chi connectivity index (χ2v) is 0.957. The lowest BCUT2D eigenvalue weighted by Crippen LogP contribution is -1.07. The zero-order valence-corrected chi connectivity index (χ0v) is 5.83. The lowest BCUT2D eigenvalue weighted by atomic mass is 10.8. The van der Waals surface area contributed by atoms with Gasteiger partial charge in [0.1, 0.15) is 0 Å². The van der Waals surface area contributed by atoms with Crippen molar-refractivity contribution in [1.82, 2.24) is 0 Å². The van der Waals surface area contributed by atoms with Crippen LogP contribution in [0.5, 0.6) is 0 Å². The van der Waals surface area contributed by atoms with E-state index in [0.29, 0.717) is 0 Å². The molecule has 0 aliphatic carbocycles. The van der Waals surface area contributed by atoms with E-state index >= 15 is 0 Å². The Balaban J connectivity index is 0. The first-order valence-electron chi connectivity index (χ1n) is 2.41. The SMILES string of the molecule is C=C=C=C=C.C=C=C=C=C. The first-order chi connectivity index (χ1) is 4.83. The van der Waals surface area contributed by atoms with Crippen molar-refractivity contribution in [2.24, 2.45) is 0 Å². The summed E-state index contributed by atoms with van der Waals surface area (Å²) in [6, 6.07) is 0. The Hall–Kier alpha value is -1.84. The molecular weight excluding hydrogens is 120 g/mol. The summed E-state index contributed by atoms with van der Waals surface area (Å²) in [4.78, 5) is 0. The Bertz CT molecular complexity index is 216. The van der Waals surface area contributed by atoms with Gasteiger partial charge in [-0.15, -0.1) is 0 Å². The zero-order valence-electron chi connectivity index (χ0n) is 5.83. The van der Waals surface area contributed by atoms with E-state index in [-0.39, 0.29) is 0 Å². The molecule has 10 heavy (non-hydrogen) atoms. The molecule has 48 valence electrons. The van der Waals surface area contributed by atoms with Gasteiger partial charge in [-0.05, 0) is 37.8 Å². The molecule has 0 unspecified atom stereocenters. The standard InChI is InChI=1S/2C5H4/c2*1-3-5-4-2/h2*1-2H2. The molecule has 0 aromatic heterocycles. The molecule has 0 aromatic rings. The Morgan fingerprint density at radius 1 is 0.500 bits per heavy atom. The van der Waals surface area contributed by atoms with Gasteiger partial charge >= 0.3 is 0 Å². The summed E-state index contributed by atoms with van der Waals surface area (Å²) in [7, 11) is 0. The van der Waals surface area contributed by atoms with E-state index in [1.165, 1.54) is 0 Å². The third-order valence-electron chi connectivity index (χ3n) is 0.354. The fraction of sp³-hybridized carbons (Fsp3) is 0. The largest absolute Gasteiger partial charge is 0.0694 e. The van der Waals surface area contributed by atoms with E-state index < -0.39 is 0 Å². The molecule has 0 amide bonds. The Kier molecular flexibility index (Phi) is 17.3. The smallest absolute Gasteiger partial charge is 0.0203 e. The van der Waals surface area contributed by atoms with E-state index in [9.17, 15) is 0 Å². The molecule has 0 atom stereocenters. The zero-order chi connectivity index (χ0) is 8.24. The third kappa shape index (κ3) is 35.2. The van der Waals surface area contributed by atoms with E-state index in [1.54, 1.807) is 0 Å². The van der Waals surface area contributed by atoms with Gasteiger partial charge in [0.15, 0.2) is 0 Å². The van der Waals surface area contributed by atoms with Gasteiger partial charge in [0.05, 0.1) is 0 Å². The molecule has 0 saturated carbocycles. The molecule has 0 nitrogen and oxygen atoms in total. The molecule has 0 rings (SSSR count). The maximum absolute atomic E-state index is 3.21. The van der Waals surface area contributed by atoms with Crippen LogP contribution in [0, 0.1) is 0 Å². The van der Waals surface area contributed by atoms with E-state index in [1.807, 2.05) is 0 Å². The maximum atomic E-state index is 3.21. The molecule has 0 N–H and O–H groups in total. The van der Waals surface area contributed by atoms with Crippen LogP contribution in [0.15, 0.2) is 60.7 Å². The molecule has 0 spiro atoms.